The number of carbonyl (C=O) groups is 1. The standard InChI is InChI=1S/C24H31FN4O2/c1-19(28-12-10-27(11-13-28)18-20-4-2-3-5-23(20)25)24(30)26-21-6-8-22(9-7-21)29-14-16-31-17-15-29/h2-9,19H,10-18H2,1H3,(H,26,30)/t19-/m0/s1. The number of anilines is 2. The van der Waals surface area contributed by atoms with Crippen molar-refractivity contribution in [3.05, 3.63) is 59.9 Å². The molecule has 1 N–H and O–H groups in total. The molecule has 0 saturated carbocycles. The molecule has 0 aromatic heterocycles. The van der Waals surface area contributed by atoms with Crippen molar-refractivity contribution in [2.75, 3.05) is 62.7 Å². The third kappa shape index (κ3) is 5.61. The minimum absolute atomic E-state index is 0.00155. The number of piperazine rings is 1. The van der Waals surface area contributed by atoms with E-state index < -0.39 is 0 Å². The highest BCUT2D eigenvalue weighted by molar-refractivity contribution is 5.94. The van der Waals surface area contributed by atoms with E-state index in [2.05, 4.69) is 20.0 Å². The monoisotopic (exact) mass is 426 g/mol. The van der Waals surface area contributed by atoms with Crippen LogP contribution in [0.4, 0.5) is 15.8 Å². The molecule has 0 unspecified atom stereocenters. The summed E-state index contributed by atoms with van der Waals surface area (Å²) in [6.07, 6.45) is 0. The van der Waals surface area contributed by atoms with Gasteiger partial charge >= 0.3 is 0 Å². The first kappa shape index (κ1) is 21.7. The lowest BCUT2D eigenvalue weighted by atomic mass is 10.1. The lowest BCUT2D eigenvalue weighted by molar-refractivity contribution is -0.121. The Labute approximate surface area is 183 Å². The summed E-state index contributed by atoms with van der Waals surface area (Å²) < 4.78 is 19.3. The number of halogens is 1. The van der Waals surface area contributed by atoms with Crippen LogP contribution in [0.2, 0.25) is 0 Å². The Morgan fingerprint density at radius 2 is 1.68 bits per heavy atom. The smallest absolute Gasteiger partial charge is 0.241 e. The number of benzene rings is 2. The van der Waals surface area contributed by atoms with Gasteiger partial charge in [-0.25, -0.2) is 4.39 Å². The summed E-state index contributed by atoms with van der Waals surface area (Å²) in [7, 11) is 0. The average molecular weight is 427 g/mol. The van der Waals surface area contributed by atoms with Crippen molar-refractivity contribution in [2.24, 2.45) is 0 Å². The molecule has 31 heavy (non-hydrogen) atoms. The molecular formula is C24H31FN4O2. The molecule has 2 aliphatic rings. The fraction of sp³-hybridized carbons (Fsp3) is 0.458. The fourth-order valence-corrected chi connectivity index (χ4v) is 4.17. The highest BCUT2D eigenvalue weighted by Gasteiger charge is 2.26. The van der Waals surface area contributed by atoms with Crippen LogP contribution in [0.5, 0.6) is 0 Å². The Hall–Kier alpha value is -2.48. The van der Waals surface area contributed by atoms with Crippen molar-refractivity contribution in [1.82, 2.24) is 9.80 Å². The van der Waals surface area contributed by atoms with Gasteiger partial charge in [0.15, 0.2) is 0 Å². The van der Waals surface area contributed by atoms with E-state index in [1.54, 1.807) is 6.07 Å². The number of ether oxygens (including phenoxy) is 1. The predicted octanol–water partition coefficient (Wildman–Crippen LogP) is 2.81. The quantitative estimate of drug-likeness (QED) is 0.770. The van der Waals surface area contributed by atoms with Crippen molar-refractivity contribution in [3.63, 3.8) is 0 Å². The summed E-state index contributed by atoms with van der Waals surface area (Å²) in [4.78, 5) is 19.5. The summed E-state index contributed by atoms with van der Waals surface area (Å²) >= 11 is 0. The Balaban J connectivity index is 1.25. The van der Waals surface area contributed by atoms with Crippen molar-refractivity contribution in [2.45, 2.75) is 19.5 Å². The van der Waals surface area contributed by atoms with E-state index in [-0.39, 0.29) is 17.8 Å². The second-order valence-corrected chi connectivity index (χ2v) is 8.22. The predicted molar refractivity (Wildman–Crippen MR) is 121 cm³/mol. The molecule has 0 bridgehead atoms. The van der Waals surface area contributed by atoms with Crippen molar-refractivity contribution >= 4 is 17.3 Å². The number of hydrogen-bond acceptors (Lipinski definition) is 5. The molecule has 2 aliphatic heterocycles. The van der Waals surface area contributed by atoms with Gasteiger partial charge in [0.2, 0.25) is 5.91 Å². The second kappa shape index (κ2) is 10.2. The minimum Gasteiger partial charge on any atom is -0.378 e. The Kier molecular flexibility index (Phi) is 7.17. The molecule has 2 saturated heterocycles. The van der Waals surface area contributed by atoms with Crippen LogP contribution in [-0.4, -0.2) is 74.2 Å². The molecule has 6 nitrogen and oxygen atoms in total. The van der Waals surface area contributed by atoms with Gasteiger partial charge in [-0.05, 0) is 37.3 Å². The summed E-state index contributed by atoms with van der Waals surface area (Å²) in [6, 6.07) is 14.7. The van der Waals surface area contributed by atoms with Crippen LogP contribution in [-0.2, 0) is 16.1 Å². The van der Waals surface area contributed by atoms with Crippen LogP contribution in [0.15, 0.2) is 48.5 Å². The highest BCUT2D eigenvalue weighted by Crippen LogP contribution is 2.20. The van der Waals surface area contributed by atoms with Gasteiger partial charge in [-0.15, -0.1) is 0 Å². The molecule has 4 rings (SSSR count). The van der Waals surface area contributed by atoms with Crippen LogP contribution in [0.3, 0.4) is 0 Å². The molecule has 0 radical (unpaired) electrons. The molecule has 2 heterocycles. The topological polar surface area (TPSA) is 48.1 Å². The molecular weight excluding hydrogens is 395 g/mol. The van der Waals surface area contributed by atoms with Crippen molar-refractivity contribution in [1.29, 1.82) is 0 Å². The van der Waals surface area contributed by atoms with Crippen molar-refractivity contribution in [3.8, 4) is 0 Å². The third-order valence-corrected chi connectivity index (χ3v) is 6.20. The molecule has 0 spiro atoms. The van der Waals surface area contributed by atoms with E-state index in [4.69, 9.17) is 4.74 Å². The molecule has 1 atom stereocenters. The van der Waals surface area contributed by atoms with E-state index >= 15 is 0 Å². The number of morpholine rings is 1. The zero-order chi connectivity index (χ0) is 21.6. The number of carbonyl (C=O) groups excluding carboxylic acids is 1. The van der Waals surface area contributed by atoms with E-state index in [0.29, 0.717) is 6.54 Å². The molecule has 7 heteroatoms. The number of nitrogens with zero attached hydrogens (tertiary/aromatic N) is 3. The number of rotatable bonds is 6. The Morgan fingerprint density at radius 3 is 2.35 bits per heavy atom. The largest absolute Gasteiger partial charge is 0.378 e. The lowest BCUT2D eigenvalue weighted by Crippen LogP contribution is -2.52. The first-order chi connectivity index (χ1) is 15.1. The zero-order valence-corrected chi connectivity index (χ0v) is 18.1. The summed E-state index contributed by atoms with van der Waals surface area (Å²) in [5.41, 5.74) is 2.69. The average Bonchev–Trinajstić information content (AvgIpc) is 2.81. The third-order valence-electron chi connectivity index (χ3n) is 6.20. The fourth-order valence-electron chi connectivity index (χ4n) is 4.17. The normalized spacial score (nSPS) is 19.2. The van der Waals surface area contributed by atoms with Crippen molar-refractivity contribution < 1.29 is 13.9 Å². The Bertz CT molecular complexity index is 862. The van der Waals surface area contributed by atoms with Gasteiger partial charge in [0.25, 0.3) is 0 Å². The van der Waals surface area contributed by atoms with E-state index in [1.165, 1.54) is 6.07 Å². The maximum atomic E-state index is 13.9. The van der Waals surface area contributed by atoms with Gasteiger partial charge in [-0.3, -0.25) is 14.6 Å². The van der Waals surface area contributed by atoms with E-state index in [9.17, 15) is 9.18 Å². The zero-order valence-electron chi connectivity index (χ0n) is 18.1. The molecule has 166 valence electrons. The van der Waals surface area contributed by atoms with Crippen LogP contribution in [0.25, 0.3) is 0 Å². The van der Waals surface area contributed by atoms with Crippen LogP contribution < -0.4 is 10.2 Å². The van der Waals surface area contributed by atoms with Crippen LogP contribution in [0, 0.1) is 5.82 Å². The van der Waals surface area contributed by atoms with Gasteiger partial charge in [0, 0.05) is 62.8 Å². The minimum atomic E-state index is -0.213. The molecule has 1 amide bonds. The van der Waals surface area contributed by atoms with Gasteiger partial charge in [-0.1, -0.05) is 18.2 Å². The maximum absolute atomic E-state index is 13.9. The van der Waals surface area contributed by atoms with E-state index in [1.807, 2.05) is 43.3 Å². The summed E-state index contributed by atoms with van der Waals surface area (Å²) in [5.74, 6) is -0.154. The Morgan fingerprint density at radius 1 is 1.00 bits per heavy atom. The molecule has 2 aromatic carbocycles. The van der Waals surface area contributed by atoms with Gasteiger partial charge in [-0.2, -0.15) is 0 Å². The second-order valence-electron chi connectivity index (χ2n) is 8.22. The first-order valence-electron chi connectivity index (χ1n) is 11.0. The lowest BCUT2D eigenvalue weighted by Gasteiger charge is -2.37. The van der Waals surface area contributed by atoms with Crippen LogP contribution >= 0.6 is 0 Å². The summed E-state index contributed by atoms with van der Waals surface area (Å²) in [6.45, 7) is 9.07. The SMILES string of the molecule is C[C@@H](C(=O)Nc1ccc(N2CCOCC2)cc1)N1CCN(Cc2ccccc2F)CC1. The maximum Gasteiger partial charge on any atom is 0.241 e. The highest BCUT2D eigenvalue weighted by atomic mass is 19.1. The number of hydrogen-bond donors (Lipinski definition) is 1. The van der Waals surface area contributed by atoms with Crippen LogP contribution in [0.1, 0.15) is 12.5 Å². The molecule has 0 aliphatic carbocycles. The molecule has 2 fully saturated rings. The van der Waals surface area contributed by atoms with Gasteiger partial charge in [0.05, 0.1) is 19.3 Å². The van der Waals surface area contributed by atoms with Gasteiger partial charge < -0.3 is 15.0 Å². The van der Waals surface area contributed by atoms with E-state index in [0.717, 1.165) is 69.4 Å². The number of amides is 1. The number of nitrogens with one attached hydrogen (secondary N) is 1. The first-order valence-corrected chi connectivity index (χ1v) is 11.0. The summed E-state index contributed by atoms with van der Waals surface area (Å²) in [5, 5.41) is 3.04. The molecule has 2 aromatic rings. The van der Waals surface area contributed by atoms with Gasteiger partial charge in [0.1, 0.15) is 5.82 Å².